The molecule has 0 fully saturated rings. The molecule has 0 saturated heterocycles. The first-order valence-corrected chi connectivity index (χ1v) is 6.04. The van der Waals surface area contributed by atoms with Crippen molar-refractivity contribution in [3.8, 4) is 5.75 Å². The molecule has 1 unspecified atom stereocenters. The Morgan fingerprint density at radius 1 is 1.29 bits per heavy atom. The van der Waals surface area contributed by atoms with E-state index < -0.39 is 0 Å². The quantitative estimate of drug-likeness (QED) is 0.906. The lowest BCUT2D eigenvalue weighted by Crippen LogP contribution is -2.14. The molecule has 1 aromatic heterocycles. The van der Waals surface area contributed by atoms with E-state index in [0.717, 1.165) is 28.1 Å². The number of aryl methyl sites for hydroxylation is 2. The molecule has 0 amide bonds. The number of nitrogens with two attached hydrogens (primary N) is 1. The van der Waals surface area contributed by atoms with Gasteiger partial charge in [-0.15, -0.1) is 0 Å². The van der Waals surface area contributed by atoms with Gasteiger partial charge in [-0.2, -0.15) is 8.75 Å². The van der Waals surface area contributed by atoms with Crippen LogP contribution < -0.4 is 10.5 Å². The lowest BCUT2D eigenvalue weighted by Gasteiger charge is -2.15. The maximum Gasteiger partial charge on any atom is 0.122 e. The Labute approximate surface area is 105 Å². The summed E-state index contributed by atoms with van der Waals surface area (Å²) < 4.78 is 13.4. The van der Waals surface area contributed by atoms with Crippen molar-refractivity contribution in [2.45, 2.75) is 19.9 Å². The predicted molar refractivity (Wildman–Crippen MR) is 68.4 cm³/mol. The Balaban J connectivity index is 2.42. The largest absolute Gasteiger partial charge is 0.496 e. The van der Waals surface area contributed by atoms with Crippen molar-refractivity contribution in [2.24, 2.45) is 5.73 Å². The Bertz CT molecular complexity index is 511. The van der Waals surface area contributed by atoms with E-state index in [4.69, 9.17) is 10.5 Å². The summed E-state index contributed by atoms with van der Waals surface area (Å²) in [5.74, 6) is 0.884. The number of hydrogen-bond donors (Lipinski definition) is 1. The van der Waals surface area contributed by atoms with Crippen LogP contribution in [0.3, 0.4) is 0 Å². The van der Waals surface area contributed by atoms with Crippen molar-refractivity contribution < 1.29 is 4.74 Å². The normalized spacial score (nSPS) is 12.5. The van der Waals surface area contributed by atoms with Gasteiger partial charge in [-0.25, -0.2) is 0 Å². The van der Waals surface area contributed by atoms with Gasteiger partial charge in [0.15, 0.2) is 0 Å². The number of nitrogens with zero attached hydrogens (tertiary/aromatic N) is 2. The van der Waals surface area contributed by atoms with Gasteiger partial charge in [-0.3, -0.25) is 0 Å². The van der Waals surface area contributed by atoms with Crippen LogP contribution in [0.4, 0.5) is 0 Å². The van der Waals surface area contributed by atoms with E-state index in [9.17, 15) is 0 Å². The van der Waals surface area contributed by atoms with Gasteiger partial charge in [-0.05, 0) is 36.6 Å². The minimum Gasteiger partial charge on any atom is -0.496 e. The smallest absolute Gasteiger partial charge is 0.122 e. The lowest BCUT2D eigenvalue weighted by molar-refractivity contribution is 0.411. The SMILES string of the molecule is COc1cc(C)c(C(N)c2cnsn2)cc1C. The molecule has 4 nitrogen and oxygen atoms in total. The van der Waals surface area contributed by atoms with Crippen LogP contribution >= 0.6 is 11.7 Å². The zero-order valence-electron chi connectivity index (χ0n) is 10.1. The van der Waals surface area contributed by atoms with E-state index >= 15 is 0 Å². The van der Waals surface area contributed by atoms with Crippen molar-refractivity contribution in [3.05, 3.63) is 40.7 Å². The summed E-state index contributed by atoms with van der Waals surface area (Å²) in [6.07, 6.45) is 1.72. The third kappa shape index (κ3) is 2.30. The fourth-order valence-electron chi connectivity index (χ4n) is 1.84. The third-order valence-electron chi connectivity index (χ3n) is 2.82. The summed E-state index contributed by atoms with van der Waals surface area (Å²) in [5, 5.41) is 0. The van der Waals surface area contributed by atoms with Crippen LogP contribution in [0.1, 0.15) is 28.4 Å². The number of aromatic nitrogens is 2. The highest BCUT2D eigenvalue weighted by molar-refractivity contribution is 6.99. The highest BCUT2D eigenvalue weighted by Crippen LogP contribution is 2.28. The van der Waals surface area contributed by atoms with E-state index in [-0.39, 0.29) is 6.04 Å². The van der Waals surface area contributed by atoms with Gasteiger partial charge in [0.25, 0.3) is 0 Å². The molecule has 0 aliphatic rings. The summed E-state index contributed by atoms with van der Waals surface area (Å²) in [7, 11) is 1.67. The van der Waals surface area contributed by atoms with E-state index in [1.807, 2.05) is 19.9 Å². The highest BCUT2D eigenvalue weighted by Gasteiger charge is 2.15. The molecule has 1 atom stereocenters. The average molecular weight is 249 g/mol. The minimum atomic E-state index is -0.224. The number of rotatable bonds is 3. The van der Waals surface area contributed by atoms with Crippen LogP contribution in [0.25, 0.3) is 0 Å². The zero-order valence-corrected chi connectivity index (χ0v) is 10.9. The number of benzene rings is 1. The second kappa shape index (κ2) is 4.81. The summed E-state index contributed by atoms with van der Waals surface area (Å²) in [6, 6.07) is 3.83. The predicted octanol–water partition coefficient (Wildman–Crippen LogP) is 2.21. The molecule has 0 aliphatic heterocycles. The third-order valence-corrected chi connectivity index (χ3v) is 3.31. The van der Waals surface area contributed by atoms with Crippen molar-refractivity contribution in [1.29, 1.82) is 0 Å². The molecule has 5 heteroatoms. The lowest BCUT2D eigenvalue weighted by atomic mass is 9.97. The van der Waals surface area contributed by atoms with Crippen LogP contribution in [0.2, 0.25) is 0 Å². The van der Waals surface area contributed by atoms with Gasteiger partial charge in [0, 0.05) is 0 Å². The fourth-order valence-corrected chi connectivity index (χ4v) is 2.29. The highest BCUT2D eigenvalue weighted by atomic mass is 32.1. The van der Waals surface area contributed by atoms with Crippen molar-refractivity contribution in [3.63, 3.8) is 0 Å². The monoisotopic (exact) mass is 249 g/mol. The number of ether oxygens (including phenoxy) is 1. The first kappa shape index (κ1) is 12.0. The fraction of sp³-hybridized carbons (Fsp3) is 0.333. The molecular weight excluding hydrogens is 234 g/mol. The minimum absolute atomic E-state index is 0.224. The summed E-state index contributed by atoms with van der Waals surface area (Å²) in [4.78, 5) is 0. The van der Waals surface area contributed by atoms with Crippen molar-refractivity contribution in [1.82, 2.24) is 8.75 Å². The maximum atomic E-state index is 6.19. The zero-order chi connectivity index (χ0) is 12.4. The molecule has 90 valence electrons. The van der Waals surface area contributed by atoms with Crippen LogP contribution in [0, 0.1) is 13.8 Å². The van der Waals surface area contributed by atoms with Gasteiger partial charge in [-0.1, -0.05) is 6.07 Å². The first-order chi connectivity index (χ1) is 8.13. The number of hydrogen-bond acceptors (Lipinski definition) is 5. The van der Waals surface area contributed by atoms with Crippen LogP contribution in [-0.4, -0.2) is 15.9 Å². The van der Waals surface area contributed by atoms with E-state index in [0.29, 0.717) is 0 Å². The molecule has 2 rings (SSSR count). The Hall–Kier alpha value is -1.46. The molecule has 0 saturated carbocycles. The summed E-state index contributed by atoms with van der Waals surface area (Å²) in [5.41, 5.74) is 10.2. The molecule has 0 bridgehead atoms. The van der Waals surface area contributed by atoms with Gasteiger partial charge >= 0.3 is 0 Å². The van der Waals surface area contributed by atoms with Crippen LogP contribution in [0.5, 0.6) is 5.75 Å². The van der Waals surface area contributed by atoms with Crippen molar-refractivity contribution in [2.75, 3.05) is 7.11 Å². The topological polar surface area (TPSA) is 61.0 Å². The van der Waals surface area contributed by atoms with E-state index in [2.05, 4.69) is 14.8 Å². The Morgan fingerprint density at radius 2 is 2.06 bits per heavy atom. The Kier molecular flexibility index (Phi) is 3.40. The maximum absolute atomic E-state index is 6.19. The Morgan fingerprint density at radius 3 is 2.65 bits per heavy atom. The second-order valence-corrected chi connectivity index (χ2v) is 4.55. The summed E-state index contributed by atoms with van der Waals surface area (Å²) >= 11 is 1.18. The molecule has 17 heavy (non-hydrogen) atoms. The van der Waals surface area contributed by atoms with Crippen LogP contribution in [0.15, 0.2) is 18.3 Å². The van der Waals surface area contributed by atoms with Gasteiger partial charge in [0.1, 0.15) is 5.75 Å². The molecular formula is C12H15N3OS. The molecule has 0 radical (unpaired) electrons. The molecule has 1 heterocycles. The second-order valence-electron chi connectivity index (χ2n) is 3.99. The standard InChI is InChI=1S/C12H15N3OS/c1-7-5-11(16-3)8(2)4-9(7)12(13)10-6-14-17-15-10/h4-6,12H,13H2,1-3H3. The summed E-state index contributed by atoms with van der Waals surface area (Å²) in [6.45, 7) is 4.03. The number of methoxy groups -OCH3 is 1. The average Bonchev–Trinajstić information content (AvgIpc) is 2.84. The van der Waals surface area contributed by atoms with E-state index in [1.165, 1.54) is 11.7 Å². The molecule has 1 aromatic carbocycles. The molecule has 2 aromatic rings. The van der Waals surface area contributed by atoms with Crippen molar-refractivity contribution >= 4 is 11.7 Å². The first-order valence-electron chi connectivity index (χ1n) is 5.31. The van der Waals surface area contributed by atoms with E-state index in [1.54, 1.807) is 13.3 Å². The molecule has 0 spiro atoms. The molecule has 2 N–H and O–H groups in total. The van der Waals surface area contributed by atoms with Crippen LogP contribution in [-0.2, 0) is 0 Å². The van der Waals surface area contributed by atoms with Gasteiger partial charge in [0.05, 0.1) is 36.8 Å². The van der Waals surface area contributed by atoms with Gasteiger partial charge < -0.3 is 10.5 Å². The van der Waals surface area contributed by atoms with Gasteiger partial charge in [0.2, 0.25) is 0 Å². The molecule has 0 aliphatic carbocycles.